The Kier molecular flexibility index (Phi) is 4.19. The Morgan fingerprint density at radius 3 is 2.50 bits per heavy atom. The van der Waals surface area contributed by atoms with E-state index in [1.807, 2.05) is 0 Å². The van der Waals surface area contributed by atoms with Crippen LogP contribution in [0, 0.1) is 0 Å². The fraction of sp³-hybridized carbons (Fsp3) is 0.875. The van der Waals surface area contributed by atoms with E-state index in [0.29, 0.717) is 0 Å². The molecule has 1 aliphatic heterocycles. The van der Waals surface area contributed by atoms with Gasteiger partial charge in [0.05, 0.1) is 19.7 Å². The molecule has 1 unspecified atom stereocenters. The molecule has 0 bridgehead atoms. The van der Waals surface area contributed by atoms with Crippen molar-refractivity contribution in [2.45, 2.75) is 24.1 Å². The van der Waals surface area contributed by atoms with Crippen molar-refractivity contribution in [3.05, 3.63) is 0 Å². The van der Waals surface area contributed by atoms with E-state index in [9.17, 15) is 20.1 Å². The molecular formula is C8H15NO7. The van der Waals surface area contributed by atoms with Crippen LogP contribution in [-0.2, 0) is 9.53 Å². The van der Waals surface area contributed by atoms with E-state index in [1.165, 1.54) is 0 Å². The molecule has 1 rings (SSSR count). The minimum Gasteiger partial charge on any atom is -0.480 e. The molecule has 1 saturated heterocycles. The van der Waals surface area contributed by atoms with Crippen molar-refractivity contribution in [1.82, 2.24) is 5.32 Å². The summed E-state index contributed by atoms with van der Waals surface area (Å²) in [4.78, 5) is 10.2. The van der Waals surface area contributed by atoms with Crippen molar-refractivity contribution >= 4 is 5.97 Å². The first-order valence-electron chi connectivity index (χ1n) is 4.70. The number of carbonyl (C=O) groups is 1. The van der Waals surface area contributed by atoms with Crippen molar-refractivity contribution in [2.75, 3.05) is 19.7 Å². The molecule has 4 atom stereocenters. The summed E-state index contributed by atoms with van der Waals surface area (Å²) in [6, 6.07) is 0. The van der Waals surface area contributed by atoms with Gasteiger partial charge in [0.15, 0.2) is 0 Å². The van der Waals surface area contributed by atoms with E-state index in [2.05, 4.69) is 5.32 Å². The molecule has 1 aliphatic rings. The van der Waals surface area contributed by atoms with Crippen LogP contribution in [0.15, 0.2) is 0 Å². The van der Waals surface area contributed by atoms with Gasteiger partial charge < -0.3 is 35.6 Å². The summed E-state index contributed by atoms with van der Waals surface area (Å²) >= 11 is 0. The SMILES string of the molecule is O=C(O)CNCC1(O)O[C@H](CO)[C@@H](O)[C@@H]1O. The van der Waals surface area contributed by atoms with Crippen LogP contribution in [0.1, 0.15) is 0 Å². The lowest BCUT2D eigenvalue weighted by molar-refractivity contribution is -0.226. The summed E-state index contributed by atoms with van der Waals surface area (Å²) in [7, 11) is 0. The zero-order valence-corrected chi connectivity index (χ0v) is 8.41. The summed E-state index contributed by atoms with van der Waals surface area (Å²) in [6.07, 6.45) is -4.11. The van der Waals surface area contributed by atoms with Gasteiger partial charge in [-0.3, -0.25) is 4.79 Å². The zero-order chi connectivity index (χ0) is 12.3. The first kappa shape index (κ1) is 13.3. The number of carboxylic acid groups (broad SMARTS) is 1. The minimum atomic E-state index is -2.09. The van der Waals surface area contributed by atoms with Gasteiger partial charge in [0.2, 0.25) is 5.79 Å². The topological polar surface area (TPSA) is 139 Å². The number of aliphatic carboxylic acids is 1. The van der Waals surface area contributed by atoms with Gasteiger partial charge in [-0.2, -0.15) is 0 Å². The van der Waals surface area contributed by atoms with Crippen LogP contribution in [-0.4, -0.2) is 75.3 Å². The van der Waals surface area contributed by atoms with E-state index in [0.717, 1.165) is 0 Å². The van der Waals surface area contributed by atoms with Crippen molar-refractivity contribution in [1.29, 1.82) is 0 Å². The number of rotatable bonds is 5. The Balaban J connectivity index is 2.53. The van der Waals surface area contributed by atoms with Crippen LogP contribution in [0.25, 0.3) is 0 Å². The van der Waals surface area contributed by atoms with Crippen LogP contribution < -0.4 is 5.32 Å². The zero-order valence-electron chi connectivity index (χ0n) is 8.41. The lowest BCUT2D eigenvalue weighted by Crippen LogP contribution is -2.51. The molecule has 94 valence electrons. The first-order chi connectivity index (χ1) is 7.40. The van der Waals surface area contributed by atoms with Crippen LogP contribution in [0.2, 0.25) is 0 Å². The van der Waals surface area contributed by atoms with Crippen LogP contribution in [0.4, 0.5) is 0 Å². The Hall–Kier alpha value is -0.770. The van der Waals surface area contributed by atoms with Gasteiger partial charge in [-0.25, -0.2) is 0 Å². The highest BCUT2D eigenvalue weighted by molar-refractivity contribution is 5.68. The van der Waals surface area contributed by atoms with Gasteiger partial charge in [-0.05, 0) is 0 Å². The average Bonchev–Trinajstić information content (AvgIpc) is 2.43. The van der Waals surface area contributed by atoms with Crippen LogP contribution >= 0.6 is 0 Å². The number of ether oxygens (including phenoxy) is 1. The number of hydrogen-bond donors (Lipinski definition) is 6. The average molecular weight is 237 g/mol. The van der Waals surface area contributed by atoms with Crippen LogP contribution in [0.3, 0.4) is 0 Å². The Bertz CT molecular complexity index is 261. The smallest absolute Gasteiger partial charge is 0.317 e. The van der Waals surface area contributed by atoms with Crippen molar-refractivity contribution < 1.29 is 35.1 Å². The molecular weight excluding hydrogens is 222 g/mol. The molecule has 8 heteroatoms. The van der Waals surface area contributed by atoms with E-state index in [1.54, 1.807) is 0 Å². The van der Waals surface area contributed by atoms with Crippen molar-refractivity contribution in [3.8, 4) is 0 Å². The molecule has 0 radical (unpaired) electrons. The molecule has 16 heavy (non-hydrogen) atoms. The minimum absolute atomic E-state index is 0.367. The predicted octanol–water partition coefficient (Wildman–Crippen LogP) is -3.54. The lowest BCUT2D eigenvalue weighted by Gasteiger charge is -2.25. The van der Waals surface area contributed by atoms with E-state index in [4.69, 9.17) is 14.9 Å². The lowest BCUT2D eigenvalue weighted by atomic mass is 10.1. The third-order valence-corrected chi connectivity index (χ3v) is 2.36. The second kappa shape index (κ2) is 5.04. The highest BCUT2D eigenvalue weighted by Crippen LogP contribution is 2.28. The molecule has 0 aromatic carbocycles. The first-order valence-corrected chi connectivity index (χ1v) is 4.70. The fourth-order valence-corrected chi connectivity index (χ4v) is 1.51. The third kappa shape index (κ3) is 2.67. The summed E-state index contributed by atoms with van der Waals surface area (Å²) in [5.41, 5.74) is 0. The standard InChI is InChI=1S/C8H15NO7/c10-2-4-6(13)7(14)8(15,16-4)3-9-1-5(11)12/h4,6-7,9-10,13-15H,1-3H2,(H,11,12)/t4-,6-,7+,8?/m1/s1. The monoisotopic (exact) mass is 237 g/mol. The largest absolute Gasteiger partial charge is 0.480 e. The molecule has 1 heterocycles. The van der Waals surface area contributed by atoms with Gasteiger partial charge in [0.1, 0.15) is 18.3 Å². The number of aliphatic hydroxyl groups excluding tert-OH is 3. The highest BCUT2D eigenvalue weighted by atomic mass is 16.7. The van der Waals surface area contributed by atoms with E-state index >= 15 is 0 Å². The van der Waals surface area contributed by atoms with E-state index in [-0.39, 0.29) is 6.54 Å². The van der Waals surface area contributed by atoms with Gasteiger partial charge in [0.25, 0.3) is 0 Å². The maximum Gasteiger partial charge on any atom is 0.317 e. The van der Waals surface area contributed by atoms with Crippen LogP contribution in [0.5, 0.6) is 0 Å². The molecule has 0 aromatic heterocycles. The van der Waals surface area contributed by atoms with Gasteiger partial charge in [-0.1, -0.05) is 0 Å². The highest BCUT2D eigenvalue weighted by Gasteiger charge is 2.52. The second-order valence-corrected chi connectivity index (χ2v) is 3.62. The summed E-state index contributed by atoms with van der Waals surface area (Å²) in [5, 5.41) is 48.0. The summed E-state index contributed by atoms with van der Waals surface area (Å²) < 4.78 is 4.85. The molecule has 1 fully saturated rings. The Morgan fingerprint density at radius 1 is 1.44 bits per heavy atom. The normalized spacial score (nSPS) is 38.9. The number of aliphatic hydroxyl groups is 4. The van der Waals surface area contributed by atoms with Gasteiger partial charge >= 0.3 is 5.97 Å². The predicted molar refractivity (Wildman–Crippen MR) is 49.4 cm³/mol. The Morgan fingerprint density at radius 2 is 2.06 bits per heavy atom. The van der Waals surface area contributed by atoms with Crippen molar-refractivity contribution in [3.63, 3.8) is 0 Å². The maximum absolute atomic E-state index is 10.2. The molecule has 0 amide bonds. The number of nitrogens with one attached hydrogen (secondary N) is 1. The van der Waals surface area contributed by atoms with E-state index < -0.39 is 43.2 Å². The molecule has 0 aromatic rings. The molecule has 6 N–H and O–H groups in total. The third-order valence-electron chi connectivity index (χ3n) is 2.36. The number of carboxylic acids is 1. The second-order valence-electron chi connectivity index (χ2n) is 3.62. The number of hydrogen-bond acceptors (Lipinski definition) is 7. The summed E-state index contributed by atoms with van der Waals surface area (Å²) in [5.74, 6) is -3.22. The molecule has 8 nitrogen and oxygen atoms in total. The van der Waals surface area contributed by atoms with Gasteiger partial charge in [0, 0.05) is 0 Å². The maximum atomic E-state index is 10.2. The molecule has 0 spiro atoms. The molecule has 0 saturated carbocycles. The fourth-order valence-electron chi connectivity index (χ4n) is 1.51. The Labute approximate surface area is 91.1 Å². The quantitative estimate of drug-likeness (QED) is 0.289. The molecule has 0 aliphatic carbocycles. The van der Waals surface area contributed by atoms with Gasteiger partial charge in [-0.15, -0.1) is 0 Å². The summed E-state index contributed by atoms with van der Waals surface area (Å²) in [6.45, 7) is -1.34. The van der Waals surface area contributed by atoms with Crippen molar-refractivity contribution in [2.24, 2.45) is 0 Å².